The summed E-state index contributed by atoms with van der Waals surface area (Å²) in [6.45, 7) is 2.59. The Morgan fingerprint density at radius 3 is 2.61 bits per heavy atom. The van der Waals surface area contributed by atoms with Gasteiger partial charge in [0.05, 0.1) is 6.54 Å². The third-order valence-corrected chi connectivity index (χ3v) is 5.01. The van der Waals surface area contributed by atoms with Crippen LogP contribution in [0.4, 0.5) is 0 Å². The second-order valence-corrected chi connectivity index (χ2v) is 7.35. The Morgan fingerprint density at radius 2 is 1.79 bits per heavy atom. The fourth-order valence-electron chi connectivity index (χ4n) is 3.41. The van der Waals surface area contributed by atoms with Crippen molar-refractivity contribution in [2.75, 3.05) is 6.61 Å². The Morgan fingerprint density at radius 1 is 1.00 bits per heavy atom. The van der Waals surface area contributed by atoms with Crippen LogP contribution in [0.5, 0.6) is 5.75 Å². The summed E-state index contributed by atoms with van der Waals surface area (Å²) in [7, 11) is 0. The number of unbranched alkanes of at least 4 members (excludes halogenated alkanes) is 5. The molecule has 0 aliphatic carbocycles. The highest BCUT2D eigenvalue weighted by Gasteiger charge is 2.08. The van der Waals surface area contributed by atoms with E-state index in [-0.39, 0.29) is 18.9 Å². The number of ketones is 1. The van der Waals surface area contributed by atoms with Gasteiger partial charge in [0.2, 0.25) is 0 Å². The molecule has 0 aliphatic rings. The predicted molar refractivity (Wildman–Crippen MR) is 114 cm³/mol. The molecule has 0 fully saturated rings. The molecule has 0 saturated heterocycles. The van der Waals surface area contributed by atoms with E-state index in [4.69, 9.17) is 4.74 Å². The Balaban J connectivity index is 1.40. The number of benzene rings is 1. The van der Waals surface area contributed by atoms with Gasteiger partial charge in [0.1, 0.15) is 18.0 Å². The molecule has 148 valence electrons. The summed E-state index contributed by atoms with van der Waals surface area (Å²) in [4.78, 5) is 16.6. The van der Waals surface area contributed by atoms with E-state index in [9.17, 15) is 4.79 Å². The Hall–Kier alpha value is -2.62. The van der Waals surface area contributed by atoms with Crippen LogP contribution in [0.15, 0.2) is 54.9 Å². The van der Waals surface area contributed by atoms with Crippen LogP contribution in [-0.4, -0.2) is 21.9 Å². The van der Waals surface area contributed by atoms with Crippen LogP contribution in [0.1, 0.15) is 51.0 Å². The third-order valence-electron chi connectivity index (χ3n) is 5.01. The summed E-state index contributed by atoms with van der Waals surface area (Å²) in [6.07, 6.45) is 12.6. The monoisotopic (exact) mass is 378 g/mol. The number of aryl methyl sites for hydroxylation is 1. The van der Waals surface area contributed by atoms with Gasteiger partial charge in [-0.15, -0.1) is 0 Å². The lowest BCUT2D eigenvalue weighted by molar-refractivity contribution is -0.121. The maximum Gasteiger partial charge on any atom is 0.189 e. The third kappa shape index (κ3) is 5.95. The van der Waals surface area contributed by atoms with Crippen LogP contribution in [0.25, 0.3) is 11.0 Å². The molecular formula is C24H30N2O2. The summed E-state index contributed by atoms with van der Waals surface area (Å²) in [5.74, 6) is 0.773. The zero-order chi connectivity index (χ0) is 19.6. The number of hydrogen-bond donors (Lipinski definition) is 0. The van der Waals surface area contributed by atoms with Gasteiger partial charge in [0.15, 0.2) is 5.78 Å². The van der Waals surface area contributed by atoms with Gasteiger partial charge in [-0.3, -0.25) is 4.79 Å². The van der Waals surface area contributed by atoms with Gasteiger partial charge in [-0.25, -0.2) is 4.98 Å². The molecule has 0 N–H and O–H groups in total. The number of aromatic nitrogens is 2. The average molecular weight is 379 g/mol. The molecule has 0 radical (unpaired) electrons. The first-order valence-corrected chi connectivity index (χ1v) is 10.4. The Labute approximate surface area is 167 Å². The van der Waals surface area contributed by atoms with E-state index in [1.807, 2.05) is 41.1 Å². The highest BCUT2D eigenvalue weighted by molar-refractivity contribution is 5.83. The maximum absolute atomic E-state index is 12.3. The SMILES string of the molecule is CCCCCCCCc1ccc(OCC(=O)Cn2ccc3cccnc32)cc1. The largest absolute Gasteiger partial charge is 0.486 e. The van der Waals surface area contributed by atoms with Crippen LogP contribution >= 0.6 is 0 Å². The molecule has 0 unspecified atom stereocenters. The predicted octanol–water partition coefficient (Wildman–Crippen LogP) is 5.59. The molecule has 4 heteroatoms. The molecule has 2 aromatic heterocycles. The number of carbonyl (C=O) groups excluding carboxylic acids is 1. The molecule has 0 saturated carbocycles. The van der Waals surface area contributed by atoms with Gasteiger partial charge >= 0.3 is 0 Å². The van der Waals surface area contributed by atoms with Crippen LogP contribution in [0, 0.1) is 0 Å². The highest BCUT2D eigenvalue weighted by Crippen LogP contribution is 2.16. The van der Waals surface area contributed by atoms with Crippen LogP contribution < -0.4 is 4.74 Å². The zero-order valence-electron chi connectivity index (χ0n) is 16.8. The molecule has 0 atom stereocenters. The second-order valence-electron chi connectivity index (χ2n) is 7.35. The summed E-state index contributed by atoms with van der Waals surface area (Å²) in [5, 5.41) is 1.04. The smallest absolute Gasteiger partial charge is 0.189 e. The van der Waals surface area contributed by atoms with E-state index in [2.05, 4.69) is 24.0 Å². The van der Waals surface area contributed by atoms with Crippen molar-refractivity contribution < 1.29 is 9.53 Å². The normalized spacial score (nSPS) is 11.0. The molecule has 1 aromatic carbocycles. The van der Waals surface area contributed by atoms with Gasteiger partial charge in [-0.1, -0.05) is 51.2 Å². The average Bonchev–Trinajstić information content (AvgIpc) is 3.13. The first kappa shape index (κ1) is 20.1. The Kier molecular flexibility index (Phi) is 7.65. The number of fused-ring (bicyclic) bond motifs is 1. The fraction of sp³-hybridized carbons (Fsp3) is 0.417. The molecule has 2 heterocycles. The van der Waals surface area contributed by atoms with Crippen LogP contribution in [-0.2, 0) is 17.8 Å². The van der Waals surface area contributed by atoms with E-state index in [0.717, 1.165) is 23.2 Å². The minimum absolute atomic E-state index is 0.0271. The lowest BCUT2D eigenvalue weighted by atomic mass is 10.0. The number of ether oxygens (including phenoxy) is 1. The van der Waals surface area contributed by atoms with Crippen molar-refractivity contribution in [2.45, 2.75) is 58.4 Å². The number of pyridine rings is 1. The summed E-state index contributed by atoms with van der Waals surface area (Å²) in [5.41, 5.74) is 2.16. The maximum atomic E-state index is 12.3. The number of carbonyl (C=O) groups is 1. The summed E-state index contributed by atoms with van der Waals surface area (Å²) >= 11 is 0. The molecule has 0 aliphatic heterocycles. The standard InChI is InChI=1S/C24H30N2O2/c1-2-3-4-5-6-7-9-20-11-13-23(14-12-20)28-19-22(27)18-26-17-15-21-10-8-16-25-24(21)26/h8,10-17H,2-7,9,18-19H2,1H3. The molecule has 3 rings (SSSR count). The second kappa shape index (κ2) is 10.6. The molecule has 3 aromatic rings. The van der Waals surface area contributed by atoms with Crippen LogP contribution in [0.3, 0.4) is 0 Å². The minimum atomic E-state index is 0.0271. The van der Waals surface area contributed by atoms with Gasteiger partial charge in [0.25, 0.3) is 0 Å². The van der Waals surface area contributed by atoms with Crippen molar-refractivity contribution >= 4 is 16.8 Å². The molecule has 4 nitrogen and oxygen atoms in total. The van der Waals surface area contributed by atoms with Crippen molar-refractivity contribution in [1.82, 2.24) is 9.55 Å². The topological polar surface area (TPSA) is 44.1 Å². The van der Waals surface area contributed by atoms with Gasteiger partial charge in [0, 0.05) is 17.8 Å². The Bertz CT molecular complexity index is 868. The molecule has 0 spiro atoms. The van der Waals surface area contributed by atoms with E-state index < -0.39 is 0 Å². The van der Waals surface area contributed by atoms with Crippen molar-refractivity contribution in [3.63, 3.8) is 0 Å². The fourth-order valence-corrected chi connectivity index (χ4v) is 3.41. The van der Waals surface area contributed by atoms with Crippen molar-refractivity contribution in [1.29, 1.82) is 0 Å². The summed E-state index contributed by atoms with van der Waals surface area (Å²) in [6, 6.07) is 14.0. The van der Waals surface area contributed by atoms with E-state index in [0.29, 0.717) is 0 Å². The lowest BCUT2D eigenvalue weighted by Gasteiger charge is -2.08. The number of nitrogens with zero attached hydrogens (tertiary/aromatic N) is 2. The molecular weight excluding hydrogens is 348 g/mol. The number of Topliss-reactive ketones (excluding diaryl/α,β-unsaturated/α-hetero) is 1. The number of rotatable bonds is 12. The highest BCUT2D eigenvalue weighted by atomic mass is 16.5. The van der Waals surface area contributed by atoms with E-state index in [1.165, 1.54) is 44.1 Å². The van der Waals surface area contributed by atoms with Crippen LogP contribution in [0.2, 0.25) is 0 Å². The van der Waals surface area contributed by atoms with Crippen molar-refractivity contribution in [3.05, 3.63) is 60.4 Å². The van der Waals surface area contributed by atoms with Gasteiger partial charge in [-0.2, -0.15) is 0 Å². The zero-order valence-corrected chi connectivity index (χ0v) is 16.8. The molecule has 0 bridgehead atoms. The minimum Gasteiger partial charge on any atom is -0.486 e. The van der Waals surface area contributed by atoms with E-state index >= 15 is 0 Å². The summed E-state index contributed by atoms with van der Waals surface area (Å²) < 4.78 is 7.54. The molecule has 28 heavy (non-hydrogen) atoms. The first-order valence-electron chi connectivity index (χ1n) is 10.4. The van der Waals surface area contributed by atoms with Gasteiger partial charge < -0.3 is 9.30 Å². The quantitative estimate of drug-likeness (QED) is 0.386. The van der Waals surface area contributed by atoms with Gasteiger partial charge in [-0.05, 0) is 48.7 Å². The lowest BCUT2D eigenvalue weighted by Crippen LogP contribution is -2.17. The van der Waals surface area contributed by atoms with Crippen molar-refractivity contribution in [3.8, 4) is 5.75 Å². The molecule has 0 amide bonds. The van der Waals surface area contributed by atoms with E-state index in [1.54, 1.807) is 6.20 Å². The van der Waals surface area contributed by atoms with Crippen molar-refractivity contribution in [2.24, 2.45) is 0 Å². The first-order chi connectivity index (χ1) is 13.8. The number of hydrogen-bond acceptors (Lipinski definition) is 3.